The van der Waals surface area contributed by atoms with Crippen LogP contribution in [0.25, 0.3) is 11.0 Å². The number of nitrogens with one attached hydrogen (secondary N) is 2. The molecule has 2 aromatic heterocycles. The minimum Gasteiger partial charge on any atom is -0.346 e. The summed E-state index contributed by atoms with van der Waals surface area (Å²) in [5, 5.41) is 4.41. The normalized spacial score (nSPS) is 16.3. The van der Waals surface area contributed by atoms with Crippen LogP contribution in [0.3, 0.4) is 0 Å². The second-order valence-corrected chi connectivity index (χ2v) is 4.70. The SMILES string of the molecule is Fc1cnc2[nH]cc(CCNC3CCC3)c2c1. The molecule has 0 spiro atoms. The van der Waals surface area contributed by atoms with E-state index in [1.807, 2.05) is 6.20 Å². The first-order chi connectivity index (χ1) is 8.33. The van der Waals surface area contributed by atoms with E-state index in [0.29, 0.717) is 6.04 Å². The van der Waals surface area contributed by atoms with Crippen molar-refractivity contribution in [2.45, 2.75) is 31.7 Å². The molecular weight excluding hydrogens is 217 g/mol. The summed E-state index contributed by atoms with van der Waals surface area (Å²) < 4.78 is 13.1. The van der Waals surface area contributed by atoms with E-state index >= 15 is 0 Å². The molecule has 1 saturated carbocycles. The van der Waals surface area contributed by atoms with Crippen LogP contribution in [0.5, 0.6) is 0 Å². The second kappa shape index (κ2) is 4.45. The van der Waals surface area contributed by atoms with E-state index in [4.69, 9.17) is 0 Å². The minimum absolute atomic E-state index is 0.273. The summed E-state index contributed by atoms with van der Waals surface area (Å²) in [4.78, 5) is 7.10. The third-order valence-corrected chi connectivity index (χ3v) is 3.52. The van der Waals surface area contributed by atoms with Crippen molar-refractivity contribution in [1.29, 1.82) is 0 Å². The lowest BCUT2D eigenvalue weighted by molar-refractivity contribution is 0.342. The maximum atomic E-state index is 13.1. The molecule has 0 radical (unpaired) electrons. The van der Waals surface area contributed by atoms with E-state index in [-0.39, 0.29) is 5.82 Å². The van der Waals surface area contributed by atoms with Gasteiger partial charge in [0, 0.05) is 17.6 Å². The lowest BCUT2D eigenvalue weighted by Gasteiger charge is -2.26. The lowest BCUT2D eigenvalue weighted by atomic mass is 9.93. The van der Waals surface area contributed by atoms with E-state index < -0.39 is 0 Å². The molecule has 1 aliphatic rings. The van der Waals surface area contributed by atoms with Crippen LogP contribution in [0.4, 0.5) is 4.39 Å². The van der Waals surface area contributed by atoms with Gasteiger partial charge in [-0.15, -0.1) is 0 Å². The van der Waals surface area contributed by atoms with Crippen LogP contribution in [-0.4, -0.2) is 22.6 Å². The monoisotopic (exact) mass is 233 g/mol. The van der Waals surface area contributed by atoms with E-state index in [0.717, 1.165) is 29.6 Å². The summed E-state index contributed by atoms with van der Waals surface area (Å²) in [6, 6.07) is 2.26. The van der Waals surface area contributed by atoms with Crippen molar-refractivity contribution in [3.8, 4) is 0 Å². The number of hydrogen-bond donors (Lipinski definition) is 2. The van der Waals surface area contributed by atoms with Crippen LogP contribution in [0.2, 0.25) is 0 Å². The van der Waals surface area contributed by atoms with Gasteiger partial charge in [-0.25, -0.2) is 9.37 Å². The zero-order valence-corrected chi connectivity index (χ0v) is 9.67. The average Bonchev–Trinajstić information content (AvgIpc) is 2.64. The number of halogens is 1. The molecule has 3 rings (SSSR count). The highest BCUT2D eigenvalue weighted by molar-refractivity contribution is 5.79. The zero-order chi connectivity index (χ0) is 11.7. The van der Waals surface area contributed by atoms with Crippen molar-refractivity contribution >= 4 is 11.0 Å². The van der Waals surface area contributed by atoms with Gasteiger partial charge in [-0.3, -0.25) is 0 Å². The number of fused-ring (bicyclic) bond motifs is 1. The molecule has 0 atom stereocenters. The van der Waals surface area contributed by atoms with Crippen LogP contribution in [0.15, 0.2) is 18.5 Å². The third-order valence-electron chi connectivity index (χ3n) is 3.52. The number of pyridine rings is 1. The van der Waals surface area contributed by atoms with Gasteiger partial charge in [0.05, 0.1) is 6.20 Å². The summed E-state index contributed by atoms with van der Waals surface area (Å²) in [7, 11) is 0. The molecule has 0 aromatic carbocycles. The molecule has 4 heteroatoms. The van der Waals surface area contributed by atoms with Gasteiger partial charge in [0.25, 0.3) is 0 Å². The molecule has 17 heavy (non-hydrogen) atoms. The van der Waals surface area contributed by atoms with Crippen molar-refractivity contribution in [2.24, 2.45) is 0 Å². The highest BCUT2D eigenvalue weighted by Gasteiger charge is 2.16. The molecule has 0 unspecified atom stereocenters. The fourth-order valence-electron chi connectivity index (χ4n) is 2.26. The summed E-state index contributed by atoms with van der Waals surface area (Å²) >= 11 is 0. The molecule has 0 saturated heterocycles. The predicted molar refractivity (Wildman–Crippen MR) is 65.4 cm³/mol. The number of rotatable bonds is 4. The van der Waals surface area contributed by atoms with E-state index in [1.165, 1.54) is 25.5 Å². The van der Waals surface area contributed by atoms with Gasteiger partial charge in [-0.2, -0.15) is 0 Å². The molecule has 2 aromatic rings. The fourth-order valence-corrected chi connectivity index (χ4v) is 2.26. The standard InChI is InChI=1S/C13H16FN3/c14-10-6-12-9(7-16-13(12)17-8-10)4-5-15-11-2-1-3-11/h6-8,11,15H,1-5H2,(H,16,17). The van der Waals surface area contributed by atoms with Crippen LogP contribution in [-0.2, 0) is 6.42 Å². The quantitative estimate of drug-likeness (QED) is 0.851. The third kappa shape index (κ3) is 2.17. The van der Waals surface area contributed by atoms with E-state index in [2.05, 4.69) is 15.3 Å². The van der Waals surface area contributed by atoms with Crippen molar-refractivity contribution < 1.29 is 4.39 Å². The van der Waals surface area contributed by atoms with Crippen LogP contribution >= 0.6 is 0 Å². The van der Waals surface area contributed by atoms with E-state index in [1.54, 1.807) is 6.07 Å². The molecule has 0 aliphatic heterocycles. The van der Waals surface area contributed by atoms with Crippen molar-refractivity contribution in [1.82, 2.24) is 15.3 Å². The Kier molecular flexibility index (Phi) is 2.81. The van der Waals surface area contributed by atoms with Crippen molar-refractivity contribution in [3.63, 3.8) is 0 Å². The van der Waals surface area contributed by atoms with E-state index in [9.17, 15) is 4.39 Å². The highest BCUT2D eigenvalue weighted by atomic mass is 19.1. The number of aromatic nitrogens is 2. The Balaban J connectivity index is 1.69. The number of aromatic amines is 1. The van der Waals surface area contributed by atoms with Gasteiger partial charge in [0.1, 0.15) is 11.5 Å². The molecule has 0 bridgehead atoms. The Morgan fingerprint density at radius 1 is 1.47 bits per heavy atom. The van der Waals surface area contributed by atoms with Crippen LogP contribution in [0.1, 0.15) is 24.8 Å². The summed E-state index contributed by atoms with van der Waals surface area (Å²) in [5.74, 6) is -0.273. The zero-order valence-electron chi connectivity index (χ0n) is 9.67. The molecular formula is C13H16FN3. The fraction of sp³-hybridized carbons (Fsp3) is 0.462. The molecule has 2 heterocycles. The molecule has 1 fully saturated rings. The average molecular weight is 233 g/mol. The first-order valence-corrected chi connectivity index (χ1v) is 6.18. The largest absolute Gasteiger partial charge is 0.346 e. The van der Waals surface area contributed by atoms with Gasteiger partial charge in [0.2, 0.25) is 0 Å². The smallest absolute Gasteiger partial charge is 0.142 e. The maximum absolute atomic E-state index is 13.1. The molecule has 2 N–H and O–H groups in total. The van der Waals surface area contributed by atoms with Gasteiger partial charge in [-0.05, 0) is 37.4 Å². The second-order valence-electron chi connectivity index (χ2n) is 4.70. The van der Waals surface area contributed by atoms with Gasteiger partial charge in [-0.1, -0.05) is 6.42 Å². The number of hydrogen-bond acceptors (Lipinski definition) is 2. The van der Waals surface area contributed by atoms with Crippen LogP contribution < -0.4 is 5.32 Å². The lowest BCUT2D eigenvalue weighted by Crippen LogP contribution is -2.36. The van der Waals surface area contributed by atoms with Gasteiger partial charge >= 0.3 is 0 Å². The Morgan fingerprint density at radius 3 is 3.12 bits per heavy atom. The van der Waals surface area contributed by atoms with Gasteiger partial charge < -0.3 is 10.3 Å². The van der Waals surface area contributed by atoms with Gasteiger partial charge in [0.15, 0.2) is 0 Å². The Bertz CT molecular complexity index is 516. The molecule has 0 amide bonds. The Morgan fingerprint density at radius 2 is 2.35 bits per heavy atom. The highest BCUT2D eigenvalue weighted by Crippen LogP contribution is 2.19. The molecule has 90 valence electrons. The number of nitrogens with zero attached hydrogens (tertiary/aromatic N) is 1. The first kappa shape index (κ1) is 10.7. The topological polar surface area (TPSA) is 40.7 Å². The maximum Gasteiger partial charge on any atom is 0.142 e. The Hall–Kier alpha value is -1.42. The summed E-state index contributed by atoms with van der Waals surface area (Å²) in [5.41, 5.74) is 1.91. The summed E-state index contributed by atoms with van der Waals surface area (Å²) in [6.45, 7) is 0.953. The predicted octanol–water partition coefficient (Wildman–Crippen LogP) is 2.39. The summed E-state index contributed by atoms with van der Waals surface area (Å²) in [6.07, 6.45) is 8.03. The number of H-pyrrole nitrogens is 1. The van der Waals surface area contributed by atoms with Crippen molar-refractivity contribution in [2.75, 3.05) is 6.54 Å². The molecule has 1 aliphatic carbocycles. The minimum atomic E-state index is -0.273. The van der Waals surface area contributed by atoms with Crippen molar-refractivity contribution in [3.05, 3.63) is 29.8 Å². The Labute approximate surface area is 99.4 Å². The molecule has 3 nitrogen and oxygen atoms in total. The first-order valence-electron chi connectivity index (χ1n) is 6.18. The van der Waals surface area contributed by atoms with Crippen LogP contribution in [0, 0.1) is 5.82 Å².